The van der Waals surface area contributed by atoms with Gasteiger partial charge in [0.15, 0.2) is 0 Å². The first-order valence-corrected chi connectivity index (χ1v) is 6.40. The Hall–Kier alpha value is -2.43. The summed E-state index contributed by atoms with van der Waals surface area (Å²) in [5, 5.41) is 5.64. The lowest BCUT2D eigenvalue weighted by molar-refractivity contribution is 0.249. The van der Waals surface area contributed by atoms with E-state index in [2.05, 4.69) is 10.6 Å². The SMILES string of the molecule is COc1ccccc1NC(=O)NC(C)Cc1ccoc1. The van der Waals surface area contributed by atoms with Crippen molar-refractivity contribution in [3.8, 4) is 5.75 Å². The summed E-state index contributed by atoms with van der Waals surface area (Å²) in [6, 6.07) is 8.91. The van der Waals surface area contributed by atoms with Crippen LogP contribution in [0.1, 0.15) is 12.5 Å². The van der Waals surface area contributed by atoms with E-state index in [-0.39, 0.29) is 12.1 Å². The summed E-state index contributed by atoms with van der Waals surface area (Å²) >= 11 is 0. The molecule has 0 saturated carbocycles. The second kappa shape index (κ2) is 6.65. The first kappa shape index (κ1) is 14.0. The van der Waals surface area contributed by atoms with Crippen molar-refractivity contribution < 1.29 is 13.9 Å². The molecule has 106 valence electrons. The molecule has 2 N–H and O–H groups in total. The molecule has 0 radical (unpaired) electrons. The van der Waals surface area contributed by atoms with Gasteiger partial charge in [0.1, 0.15) is 5.75 Å². The normalized spacial score (nSPS) is 11.7. The van der Waals surface area contributed by atoms with Crippen molar-refractivity contribution in [3.05, 3.63) is 48.4 Å². The predicted octanol–water partition coefficient (Wildman–Crippen LogP) is 3.04. The van der Waals surface area contributed by atoms with Crippen LogP contribution in [0, 0.1) is 0 Å². The van der Waals surface area contributed by atoms with E-state index in [9.17, 15) is 4.79 Å². The van der Waals surface area contributed by atoms with Crippen LogP contribution >= 0.6 is 0 Å². The summed E-state index contributed by atoms with van der Waals surface area (Å²) in [5.74, 6) is 0.630. The molecule has 1 aromatic carbocycles. The van der Waals surface area contributed by atoms with Crippen molar-refractivity contribution in [2.75, 3.05) is 12.4 Å². The number of hydrogen-bond donors (Lipinski definition) is 2. The van der Waals surface area contributed by atoms with Gasteiger partial charge in [0.2, 0.25) is 0 Å². The third-order valence-electron chi connectivity index (χ3n) is 2.85. The monoisotopic (exact) mass is 274 g/mol. The number of furan rings is 1. The maximum atomic E-state index is 11.9. The van der Waals surface area contributed by atoms with E-state index in [1.54, 1.807) is 31.8 Å². The Morgan fingerprint density at radius 1 is 1.35 bits per heavy atom. The molecule has 0 aliphatic carbocycles. The summed E-state index contributed by atoms with van der Waals surface area (Å²) in [6.07, 6.45) is 4.02. The minimum absolute atomic E-state index is 0.00214. The third-order valence-corrected chi connectivity index (χ3v) is 2.85. The van der Waals surface area contributed by atoms with E-state index >= 15 is 0 Å². The van der Waals surface area contributed by atoms with Crippen molar-refractivity contribution in [2.24, 2.45) is 0 Å². The second-order valence-electron chi connectivity index (χ2n) is 4.54. The van der Waals surface area contributed by atoms with Gasteiger partial charge in [-0.3, -0.25) is 0 Å². The van der Waals surface area contributed by atoms with E-state index in [0.29, 0.717) is 11.4 Å². The molecule has 5 heteroatoms. The molecule has 1 atom stereocenters. The molecule has 1 aromatic heterocycles. The van der Waals surface area contributed by atoms with Crippen LogP contribution in [0.15, 0.2) is 47.3 Å². The molecule has 20 heavy (non-hydrogen) atoms. The minimum Gasteiger partial charge on any atom is -0.495 e. The molecule has 0 aliphatic rings. The van der Waals surface area contributed by atoms with Gasteiger partial charge in [-0.2, -0.15) is 0 Å². The van der Waals surface area contributed by atoms with Crippen LogP contribution in [0.5, 0.6) is 5.75 Å². The van der Waals surface area contributed by atoms with Crippen molar-refractivity contribution in [2.45, 2.75) is 19.4 Å². The lowest BCUT2D eigenvalue weighted by Crippen LogP contribution is -2.37. The molecule has 0 spiro atoms. The van der Waals surface area contributed by atoms with Gasteiger partial charge in [0.05, 0.1) is 25.3 Å². The van der Waals surface area contributed by atoms with Crippen LogP contribution in [-0.4, -0.2) is 19.2 Å². The Labute approximate surface area is 117 Å². The number of amides is 2. The molecule has 0 saturated heterocycles. The predicted molar refractivity (Wildman–Crippen MR) is 77.0 cm³/mol. The number of hydrogen-bond acceptors (Lipinski definition) is 3. The van der Waals surface area contributed by atoms with E-state index < -0.39 is 0 Å². The van der Waals surface area contributed by atoms with Crippen molar-refractivity contribution in [1.29, 1.82) is 0 Å². The van der Waals surface area contributed by atoms with Gasteiger partial charge >= 0.3 is 6.03 Å². The Morgan fingerprint density at radius 2 is 2.15 bits per heavy atom. The number of ether oxygens (including phenoxy) is 1. The molecule has 2 amide bonds. The average molecular weight is 274 g/mol. The number of para-hydroxylation sites is 2. The number of anilines is 1. The minimum atomic E-state index is -0.259. The highest BCUT2D eigenvalue weighted by Gasteiger charge is 2.10. The van der Waals surface area contributed by atoms with Crippen LogP contribution in [0.2, 0.25) is 0 Å². The fourth-order valence-corrected chi connectivity index (χ4v) is 1.94. The van der Waals surface area contributed by atoms with Crippen molar-refractivity contribution in [3.63, 3.8) is 0 Å². The van der Waals surface area contributed by atoms with Crippen LogP contribution in [0.25, 0.3) is 0 Å². The Morgan fingerprint density at radius 3 is 2.85 bits per heavy atom. The van der Waals surface area contributed by atoms with Crippen LogP contribution < -0.4 is 15.4 Å². The maximum Gasteiger partial charge on any atom is 0.319 e. The summed E-state index contributed by atoms with van der Waals surface area (Å²) in [7, 11) is 1.57. The molecule has 0 bridgehead atoms. The Bertz CT molecular complexity index is 552. The van der Waals surface area contributed by atoms with Gasteiger partial charge in [-0.1, -0.05) is 12.1 Å². The van der Waals surface area contributed by atoms with Gasteiger partial charge in [-0.05, 0) is 37.1 Å². The highest BCUT2D eigenvalue weighted by molar-refractivity contribution is 5.91. The van der Waals surface area contributed by atoms with E-state index in [1.807, 2.05) is 25.1 Å². The topological polar surface area (TPSA) is 63.5 Å². The van der Waals surface area contributed by atoms with Gasteiger partial charge < -0.3 is 19.8 Å². The van der Waals surface area contributed by atoms with Gasteiger partial charge in [0.25, 0.3) is 0 Å². The summed E-state index contributed by atoms with van der Waals surface area (Å²) in [6.45, 7) is 1.94. The Balaban J connectivity index is 1.88. The fraction of sp³-hybridized carbons (Fsp3) is 0.267. The standard InChI is InChI=1S/C15H18N2O3/c1-11(9-12-7-8-20-10-12)16-15(18)17-13-5-3-4-6-14(13)19-2/h3-8,10-11H,9H2,1-2H3,(H2,16,17,18). The van der Waals surface area contributed by atoms with Crippen molar-refractivity contribution >= 4 is 11.7 Å². The number of carbonyl (C=O) groups is 1. The number of rotatable bonds is 5. The van der Waals surface area contributed by atoms with E-state index in [4.69, 9.17) is 9.15 Å². The zero-order chi connectivity index (χ0) is 14.4. The molecular weight excluding hydrogens is 256 g/mol. The quantitative estimate of drug-likeness (QED) is 0.880. The summed E-state index contributed by atoms with van der Waals surface area (Å²) < 4.78 is 10.2. The number of nitrogens with one attached hydrogen (secondary N) is 2. The zero-order valence-electron chi connectivity index (χ0n) is 11.6. The van der Waals surface area contributed by atoms with Crippen LogP contribution in [0.3, 0.4) is 0 Å². The lowest BCUT2D eigenvalue weighted by Gasteiger charge is -2.15. The van der Waals surface area contributed by atoms with E-state index in [0.717, 1.165) is 12.0 Å². The zero-order valence-corrected chi connectivity index (χ0v) is 11.6. The molecule has 5 nitrogen and oxygen atoms in total. The number of carbonyl (C=O) groups excluding carboxylic acids is 1. The number of benzene rings is 1. The molecule has 1 heterocycles. The molecule has 1 unspecified atom stereocenters. The molecule has 0 aliphatic heterocycles. The maximum absolute atomic E-state index is 11.9. The molecule has 2 aromatic rings. The first-order valence-electron chi connectivity index (χ1n) is 6.40. The number of urea groups is 1. The van der Waals surface area contributed by atoms with E-state index in [1.165, 1.54) is 0 Å². The Kier molecular flexibility index (Phi) is 4.65. The summed E-state index contributed by atoms with van der Waals surface area (Å²) in [4.78, 5) is 11.9. The van der Waals surface area contributed by atoms with Gasteiger partial charge in [-0.25, -0.2) is 4.79 Å². The van der Waals surface area contributed by atoms with Gasteiger partial charge in [0, 0.05) is 6.04 Å². The molecule has 2 rings (SSSR count). The smallest absolute Gasteiger partial charge is 0.319 e. The second-order valence-corrected chi connectivity index (χ2v) is 4.54. The molecular formula is C15H18N2O3. The van der Waals surface area contributed by atoms with Crippen LogP contribution in [0.4, 0.5) is 10.5 Å². The van der Waals surface area contributed by atoms with Gasteiger partial charge in [-0.15, -0.1) is 0 Å². The lowest BCUT2D eigenvalue weighted by atomic mass is 10.1. The third kappa shape index (κ3) is 3.78. The first-order chi connectivity index (χ1) is 9.69. The molecule has 0 fully saturated rings. The average Bonchev–Trinajstić information content (AvgIpc) is 2.91. The number of methoxy groups -OCH3 is 1. The van der Waals surface area contributed by atoms with Crippen molar-refractivity contribution in [1.82, 2.24) is 5.32 Å². The highest BCUT2D eigenvalue weighted by Crippen LogP contribution is 2.22. The largest absolute Gasteiger partial charge is 0.495 e. The van der Waals surface area contributed by atoms with Crippen LogP contribution in [-0.2, 0) is 6.42 Å². The highest BCUT2D eigenvalue weighted by atomic mass is 16.5. The summed E-state index contributed by atoms with van der Waals surface area (Å²) in [5.41, 5.74) is 1.69. The fourth-order valence-electron chi connectivity index (χ4n) is 1.94.